The van der Waals surface area contributed by atoms with Crippen LogP contribution in [0.15, 0.2) is 0 Å². The Labute approximate surface area is 224 Å². The van der Waals surface area contributed by atoms with Crippen molar-refractivity contribution >= 4 is 29.5 Å². The molecule has 0 radical (unpaired) electrons. The van der Waals surface area contributed by atoms with Gasteiger partial charge in [0.15, 0.2) is 0 Å². The molecule has 3 aliphatic rings. The summed E-state index contributed by atoms with van der Waals surface area (Å²) in [6, 6.07) is -3.78. The molecule has 11 heteroatoms. The van der Waals surface area contributed by atoms with Gasteiger partial charge >= 0.3 is 6.03 Å². The first kappa shape index (κ1) is 29.8. The Morgan fingerprint density at radius 1 is 1.03 bits per heavy atom. The first-order valence-corrected chi connectivity index (χ1v) is 13.4. The minimum atomic E-state index is -1.64. The van der Waals surface area contributed by atoms with E-state index in [4.69, 9.17) is 5.73 Å². The van der Waals surface area contributed by atoms with Crippen LogP contribution in [0.3, 0.4) is 0 Å². The van der Waals surface area contributed by atoms with E-state index in [9.17, 15) is 28.4 Å². The zero-order valence-corrected chi connectivity index (χ0v) is 23.9. The molecule has 2 aliphatic carbocycles. The van der Waals surface area contributed by atoms with Crippen LogP contribution in [0.25, 0.3) is 0 Å². The van der Waals surface area contributed by atoms with E-state index >= 15 is 0 Å². The largest absolute Gasteiger partial charge is 0.363 e. The summed E-state index contributed by atoms with van der Waals surface area (Å²) in [5.41, 5.74) is 2.15. The van der Waals surface area contributed by atoms with Crippen molar-refractivity contribution < 1.29 is 28.4 Å². The van der Waals surface area contributed by atoms with Gasteiger partial charge in [-0.05, 0) is 62.7 Å². The summed E-state index contributed by atoms with van der Waals surface area (Å²) < 4.78 is 14.9. The van der Waals surface area contributed by atoms with Crippen LogP contribution in [-0.2, 0) is 19.2 Å². The van der Waals surface area contributed by atoms with Crippen LogP contribution < -0.4 is 21.7 Å². The van der Waals surface area contributed by atoms with E-state index in [2.05, 4.69) is 16.0 Å². The number of piperidine rings is 1. The number of primary amides is 1. The lowest BCUT2D eigenvalue weighted by atomic mass is 9.77. The molecule has 0 bridgehead atoms. The van der Waals surface area contributed by atoms with Crippen molar-refractivity contribution in [1.82, 2.24) is 20.9 Å². The lowest BCUT2D eigenvalue weighted by molar-refractivity contribution is -0.145. The summed E-state index contributed by atoms with van der Waals surface area (Å²) in [5.74, 6) is -3.46. The number of carbonyl (C=O) groups excluding carboxylic acids is 5. The smallest absolute Gasteiger partial charge is 0.315 e. The molecule has 5 atom stereocenters. The van der Waals surface area contributed by atoms with Gasteiger partial charge in [-0.25, -0.2) is 9.18 Å². The quantitative estimate of drug-likeness (QED) is 0.348. The zero-order chi connectivity index (χ0) is 29.0. The van der Waals surface area contributed by atoms with Crippen molar-refractivity contribution in [3.63, 3.8) is 0 Å². The minimum absolute atomic E-state index is 0.0515. The normalized spacial score (nSPS) is 26.8. The van der Waals surface area contributed by atoms with Crippen molar-refractivity contribution in [2.24, 2.45) is 28.4 Å². The number of fused-ring (bicyclic) bond motifs is 1. The average Bonchev–Trinajstić information content (AvgIpc) is 3.07. The lowest BCUT2D eigenvalue weighted by Crippen LogP contribution is -2.62. The van der Waals surface area contributed by atoms with E-state index in [1.165, 1.54) is 4.90 Å². The molecule has 0 spiro atoms. The summed E-state index contributed by atoms with van der Waals surface area (Å²) in [4.78, 5) is 65.9. The fourth-order valence-electron chi connectivity index (χ4n) is 5.90. The number of rotatable bonds is 8. The summed E-state index contributed by atoms with van der Waals surface area (Å²) in [5, 5.41) is 8.15. The summed E-state index contributed by atoms with van der Waals surface area (Å²) in [6.07, 6.45) is 0.812. The van der Waals surface area contributed by atoms with Crippen LogP contribution in [0.2, 0.25) is 0 Å². The highest BCUT2D eigenvalue weighted by Gasteiger charge is 2.70. The molecule has 10 nitrogen and oxygen atoms in total. The number of nitrogens with one attached hydrogen (secondary N) is 3. The zero-order valence-electron chi connectivity index (χ0n) is 23.9. The van der Waals surface area contributed by atoms with Crippen molar-refractivity contribution in [2.75, 3.05) is 6.54 Å². The van der Waals surface area contributed by atoms with Gasteiger partial charge in [0, 0.05) is 18.5 Å². The number of hydrogen-bond acceptors (Lipinski definition) is 5. The monoisotopic (exact) mass is 537 g/mol. The number of nitrogens with two attached hydrogens (primary N) is 1. The Balaban J connectivity index is 1.85. The lowest BCUT2D eigenvalue weighted by Gasteiger charge is -2.39. The highest BCUT2D eigenvalue weighted by Crippen LogP contribution is 2.65. The van der Waals surface area contributed by atoms with Crippen LogP contribution in [0, 0.1) is 22.7 Å². The molecule has 38 heavy (non-hydrogen) atoms. The molecule has 1 heterocycles. The number of urea groups is 1. The third-order valence-corrected chi connectivity index (χ3v) is 8.33. The van der Waals surface area contributed by atoms with Gasteiger partial charge in [0.25, 0.3) is 5.91 Å². The van der Waals surface area contributed by atoms with Gasteiger partial charge in [-0.3, -0.25) is 19.2 Å². The van der Waals surface area contributed by atoms with Gasteiger partial charge in [-0.15, -0.1) is 0 Å². The first-order chi connectivity index (χ1) is 17.2. The Morgan fingerprint density at radius 2 is 1.61 bits per heavy atom. The van der Waals surface area contributed by atoms with Crippen molar-refractivity contribution in [3.05, 3.63) is 0 Å². The Hall–Kier alpha value is -2.72. The third kappa shape index (κ3) is 6.12. The Kier molecular flexibility index (Phi) is 7.68. The molecule has 0 aromatic rings. The maximum absolute atomic E-state index is 14.9. The van der Waals surface area contributed by atoms with Gasteiger partial charge in [0.2, 0.25) is 17.6 Å². The van der Waals surface area contributed by atoms with Gasteiger partial charge in [-0.2, -0.15) is 0 Å². The number of ketones is 1. The maximum atomic E-state index is 14.9. The van der Waals surface area contributed by atoms with E-state index in [1.807, 2.05) is 55.4 Å². The molecule has 1 saturated heterocycles. The average molecular weight is 538 g/mol. The van der Waals surface area contributed by atoms with E-state index in [0.29, 0.717) is 13.0 Å². The number of Topliss-reactive ketones (excluding diaryl/α,β-unsaturated/α-hetero) is 1. The fraction of sp³-hybridized carbons (Fsp3) is 0.815. The number of amides is 5. The number of nitrogens with zero attached hydrogens (tertiary/aromatic N) is 1. The molecule has 3 fully saturated rings. The number of carbonyl (C=O) groups is 5. The molecule has 0 aromatic carbocycles. The van der Waals surface area contributed by atoms with Gasteiger partial charge in [-0.1, -0.05) is 34.6 Å². The van der Waals surface area contributed by atoms with Gasteiger partial charge < -0.3 is 26.6 Å². The standard InChI is InChI=1S/C27H44FN5O5/c1-24(2,3)19(31-23(38)32-25(4,5)6)22(37)33-13-14-16(26(14,7)8)17(33)21(36)30-15(18(34)20(29)35)12-27(28)10-9-11-27/h14-17,19H,9-13H2,1-8H3,(H2,29,35)(H,30,36)(H2,31,32,38)/t14-,15?,16-,17-,19+/m0/s1. The molecular weight excluding hydrogens is 493 g/mol. The highest BCUT2D eigenvalue weighted by molar-refractivity contribution is 6.37. The predicted octanol–water partition coefficient (Wildman–Crippen LogP) is 1.80. The molecule has 1 unspecified atom stereocenters. The molecular formula is C27H44FN5O5. The second-order valence-corrected chi connectivity index (χ2v) is 14.0. The number of hydrogen-bond donors (Lipinski definition) is 4. The first-order valence-electron chi connectivity index (χ1n) is 13.4. The second-order valence-electron chi connectivity index (χ2n) is 14.0. The molecule has 5 amide bonds. The summed E-state index contributed by atoms with van der Waals surface area (Å²) in [6.45, 7) is 15.3. The summed E-state index contributed by atoms with van der Waals surface area (Å²) in [7, 11) is 0. The van der Waals surface area contributed by atoms with Crippen molar-refractivity contribution in [1.29, 1.82) is 0 Å². The van der Waals surface area contributed by atoms with Crippen LogP contribution in [0.5, 0.6) is 0 Å². The Morgan fingerprint density at radius 3 is 2.05 bits per heavy atom. The van der Waals surface area contributed by atoms with Crippen LogP contribution in [-0.4, -0.2) is 70.3 Å². The number of halogens is 1. The van der Waals surface area contributed by atoms with E-state index < -0.39 is 64.3 Å². The van der Waals surface area contributed by atoms with Crippen LogP contribution in [0.1, 0.15) is 81.1 Å². The summed E-state index contributed by atoms with van der Waals surface area (Å²) >= 11 is 0. The van der Waals surface area contributed by atoms with E-state index in [1.54, 1.807) is 0 Å². The SMILES string of the molecule is CC(C)(C)NC(=O)N[C@H](C(=O)N1C[C@H]2[C@@H]([C@H]1C(=O)NC(CC1(F)CCC1)C(=O)C(N)=O)C2(C)C)C(C)(C)C. The Bertz CT molecular complexity index is 1010. The molecule has 0 aromatic heterocycles. The predicted molar refractivity (Wildman–Crippen MR) is 139 cm³/mol. The van der Waals surface area contributed by atoms with Crippen molar-refractivity contribution in [3.8, 4) is 0 Å². The highest BCUT2D eigenvalue weighted by atomic mass is 19.1. The van der Waals surface area contributed by atoms with E-state index in [-0.39, 0.29) is 36.5 Å². The molecule has 214 valence electrons. The van der Waals surface area contributed by atoms with Crippen molar-refractivity contribution in [2.45, 2.75) is 110 Å². The second kappa shape index (κ2) is 9.79. The molecule has 2 saturated carbocycles. The number of likely N-dealkylation sites (tertiary alicyclic amines) is 1. The minimum Gasteiger partial charge on any atom is -0.363 e. The van der Waals surface area contributed by atoms with Gasteiger partial charge in [0.1, 0.15) is 23.8 Å². The van der Waals surface area contributed by atoms with Crippen LogP contribution in [0.4, 0.5) is 9.18 Å². The van der Waals surface area contributed by atoms with Gasteiger partial charge in [0.05, 0.1) is 0 Å². The van der Waals surface area contributed by atoms with Crippen LogP contribution >= 0.6 is 0 Å². The third-order valence-electron chi connectivity index (χ3n) is 8.33. The maximum Gasteiger partial charge on any atom is 0.315 e. The fourth-order valence-corrected chi connectivity index (χ4v) is 5.90. The number of alkyl halides is 1. The molecule has 5 N–H and O–H groups in total. The molecule has 1 aliphatic heterocycles. The topological polar surface area (TPSA) is 151 Å². The van der Waals surface area contributed by atoms with E-state index in [0.717, 1.165) is 0 Å². The molecule has 3 rings (SSSR count).